The Kier molecular flexibility index (Phi) is 6.01. The van der Waals surface area contributed by atoms with Crippen molar-refractivity contribution in [1.29, 1.82) is 0 Å². The minimum atomic E-state index is -0.315. The average molecular weight is 323 g/mol. The molecule has 1 aromatic heterocycles. The number of thioether (sulfide) groups is 1. The Morgan fingerprint density at radius 2 is 2.10 bits per heavy atom. The summed E-state index contributed by atoms with van der Waals surface area (Å²) in [5, 5.41) is 12.3. The monoisotopic (exact) mass is 323 g/mol. The van der Waals surface area contributed by atoms with E-state index in [2.05, 4.69) is 27.2 Å². The topological polar surface area (TPSA) is 64.1 Å². The van der Waals surface area contributed by atoms with Gasteiger partial charge in [-0.2, -0.15) is 0 Å². The minimum Gasteiger partial charge on any atom is -0.465 e. The number of carbonyl (C=O) groups excluding carboxylic acids is 1. The molecule has 7 heteroatoms. The molecule has 0 saturated heterocycles. The van der Waals surface area contributed by atoms with Gasteiger partial charge in [-0.25, -0.2) is 4.79 Å². The normalized spacial score (nSPS) is 10.4. The molecule has 112 valence electrons. The largest absolute Gasteiger partial charge is 0.465 e. The molecule has 0 saturated carbocycles. The number of carbonyl (C=O) groups is 1. The molecule has 1 heterocycles. The first-order valence-electron chi connectivity index (χ1n) is 6.60. The molecule has 0 unspecified atom stereocenters. The lowest BCUT2D eigenvalue weighted by Crippen LogP contribution is -2.00. The van der Waals surface area contributed by atoms with Gasteiger partial charge in [0.05, 0.1) is 12.7 Å². The molecule has 2 aromatic rings. The van der Waals surface area contributed by atoms with Crippen LogP contribution in [0.3, 0.4) is 0 Å². The highest BCUT2D eigenvalue weighted by molar-refractivity contribution is 8.00. The number of rotatable bonds is 7. The molecule has 0 aliphatic heterocycles. The third-order valence-electron chi connectivity index (χ3n) is 2.67. The summed E-state index contributed by atoms with van der Waals surface area (Å²) in [4.78, 5) is 11.3. The summed E-state index contributed by atoms with van der Waals surface area (Å²) < 4.78 is 5.61. The van der Waals surface area contributed by atoms with Gasteiger partial charge in [-0.05, 0) is 24.1 Å². The summed E-state index contributed by atoms with van der Waals surface area (Å²) in [7, 11) is 1.38. The van der Waals surface area contributed by atoms with Crippen LogP contribution in [0.25, 0.3) is 0 Å². The van der Waals surface area contributed by atoms with E-state index in [9.17, 15) is 4.79 Å². The van der Waals surface area contributed by atoms with Crippen LogP contribution < -0.4 is 5.32 Å². The molecule has 1 N–H and O–H groups in total. The molecule has 1 aromatic carbocycles. The van der Waals surface area contributed by atoms with Crippen molar-refractivity contribution in [3.8, 4) is 0 Å². The van der Waals surface area contributed by atoms with E-state index in [0.717, 1.165) is 33.8 Å². The number of ether oxygens (including phenoxy) is 1. The Hall–Kier alpha value is -1.60. The number of hydrogen-bond donors (Lipinski definition) is 1. The molecule has 0 atom stereocenters. The predicted octanol–water partition coefficient (Wildman–Crippen LogP) is 3.44. The molecule has 0 bridgehead atoms. The fourth-order valence-electron chi connectivity index (χ4n) is 1.57. The van der Waals surface area contributed by atoms with Crippen LogP contribution in [0.5, 0.6) is 0 Å². The number of esters is 1. The number of nitrogens with one attached hydrogen (secondary N) is 1. The maximum atomic E-state index is 11.3. The van der Waals surface area contributed by atoms with E-state index in [1.807, 2.05) is 12.1 Å². The van der Waals surface area contributed by atoms with Crippen molar-refractivity contribution >= 4 is 34.2 Å². The fraction of sp³-hybridized carbons (Fsp3) is 0.357. The number of benzene rings is 1. The maximum absolute atomic E-state index is 11.3. The van der Waals surface area contributed by atoms with Crippen molar-refractivity contribution in [2.24, 2.45) is 0 Å². The van der Waals surface area contributed by atoms with Gasteiger partial charge in [0.1, 0.15) is 0 Å². The predicted molar refractivity (Wildman–Crippen MR) is 86.0 cm³/mol. The Labute approximate surface area is 132 Å². The molecule has 0 fully saturated rings. The number of aromatic nitrogens is 2. The Bertz CT molecular complexity index is 584. The van der Waals surface area contributed by atoms with E-state index in [4.69, 9.17) is 0 Å². The second-order valence-electron chi connectivity index (χ2n) is 4.28. The smallest absolute Gasteiger partial charge is 0.337 e. The zero-order valence-corrected chi connectivity index (χ0v) is 13.6. The van der Waals surface area contributed by atoms with E-state index in [-0.39, 0.29) is 5.97 Å². The van der Waals surface area contributed by atoms with E-state index >= 15 is 0 Å². The number of anilines is 1. The second kappa shape index (κ2) is 7.99. The first-order valence-corrected chi connectivity index (χ1v) is 8.40. The Morgan fingerprint density at radius 1 is 1.33 bits per heavy atom. The van der Waals surface area contributed by atoms with Crippen LogP contribution >= 0.6 is 23.1 Å². The SMILES string of the molecule is CCCNc1nnc(SCc2ccc(C(=O)OC)cc2)s1. The van der Waals surface area contributed by atoms with Crippen LogP contribution in [0, 0.1) is 0 Å². The summed E-state index contributed by atoms with van der Waals surface area (Å²) in [6.45, 7) is 3.02. The molecule has 5 nitrogen and oxygen atoms in total. The van der Waals surface area contributed by atoms with Crippen molar-refractivity contribution in [2.75, 3.05) is 19.0 Å². The van der Waals surface area contributed by atoms with Crippen molar-refractivity contribution < 1.29 is 9.53 Å². The lowest BCUT2D eigenvalue weighted by molar-refractivity contribution is 0.0600. The Morgan fingerprint density at radius 3 is 2.76 bits per heavy atom. The van der Waals surface area contributed by atoms with Gasteiger partial charge in [-0.15, -0.1) is 10.2 Å². The maximum Gasteiger partial charge on any atom is 0.337 e. The zero-order valence-electron chi connectivity index (χ0n) is 12.0. The van der Waals surface area contributed by atoms with Gasteiger partial charge < -0.3 is 10.1 Å². The average Bonchev–Trinajstić information content (AvgIpc) is 2.98. The van der Waals surface area contributed by atoms with Gasteiger partial charge in [-0.3, -0.25) is 0 Å². The highest BCUT2D eigenvalue weighted by Gasteiger charge is 2.07. The van der Waals surface area contributed by atoms with Gasteiger partial charge in [-0.1, -0.05) is 42.2 Å². The van der Waals surface area contributed by atoms with Crippen LogP contribution in [0.1, 0.15) is 29.3 Å². The van der Waals surface area contributed by atoms with Crippen LogP contribution in [-0.2, 0) is 10.5 Å². The number of nitrogens with zero attached hydrogens (tertiary/aromatic N) is 2. The summed E-state index contributed by atoms with van der Waals surface area (Å²) in [5.74, 6) is 0.481. The minimum absolute atomic E-state index is 0.315. The quantitative estimate of drug-likeness (QED) is 0.622. The van der Waals surface area contributed by atoms with Crippen molar-refractivity contribution in [3.05, 3.63) is 35.4 Å². The van der Waals surface area contributed by atoms with Crippen molar-refractivity contribution in [3.63, 3.8) is 0 Å². The second-order valence-corrected chi connectivity index (χ2v) is 6.48. The lowest BCUT2D eigenvalue weighted by atomic mass is 10.1. The van der Waals surface area contributed by atoms with E-state index < -0.39 is 0 Å². The summed E-state index contributed by atoms with van der Waals surface area (Å²) in [6, 6.07) is 7.40. The standard InChI is InChI=1S/C14H17N3O2S2/c1-3-8-15-13-16-17-14(21-13)20-9-10-4-6-11(7-5-10)12(18)19-2/h4-7H,3,8-9H2,1-2H3,(H,15,16). The fourth-order valence-corrected chi connectivity index (χ4v) is 3.30. The third-order valence-corrected chi connectivity index (χ3v) is 4.76. The first kappa shape index (κ1) is 15.8. The zero-order chi connectivity index (χ0) is 15.1. The van der Waals surface area contributed by atoms with Gasteiger partial charge in [0, 0.05) is 12.3 Å². The van der Waals surface area contributed by atoms with Crippen molar-refractivity contribution in [2.45, 2.75) is 23.4 Å². The molecule has 0 radical (unpaired) electrons. The molecule has 21 heavy (non-hydrogen) atoms. The van der Waals surface area contributed by atoms with E-state index in [1.54, 1.807) is 35.2 Å². The summed E-state index contributed by atoms with van der Waals surface area (Å²) in [6.07, 6.45) is 1.06. The third kappa shape index (κ3) is 4.71. The van der Waals surface area contributed by atoms with Crippen LogP contribution in [0.2, 0.25) is 0 Å². The number of hydrogen-bond acceptors (Lipinski definition) is 7. The highest BCUT2D eigenvalue weighted by Crippen LogP contribution is 2.28. The molecule has 0 amide bonds. The van der Waals surface area contributed by atoms with Gasteiger partial charge in [0.2, 0.25) is 5.13 Å². The molecule has 0 spiro atoms. The molecule has 0 aliphatic carbocycles. The lowest BCUT2D eigenvalue weighted by Gasteiger charge is -2.01. The summed E-state index contributed by atoms with van der Waals surface area (Å²) >= 11 is 3.20. The van der Waals surface area contributed by atoms with Crippen LogP contribution in [0.15, 0.2) is 28.6 Å². The van der Waals surface area contributed by atoms with Gasteiger partial charge in [0.25, 0.3) is 0 Å². The van der Waals surface area contributed by atoms with Crippen molar-refractivity contribution in [1.82, 2.24) is 10.2 Å². The molecule has 0 aliphatic rings. The molecular formula is C14H17N3O2S2. The molecule has 2 rings (SSSR count). The van der Waals surface area contributed by atoms with Gasteiger partial charge in [0.15, 0.2) is 4.34 Å². The summed E-state index contributed by atoms with van der Waals surface area (Å²) in [5.41, 5.74) is 1.69. The number of methoxy groups -OCH3 is 1. The van der Waals surface area contributed by atoms with Crippen LogP contribution in [-0.4, -0.2) is 29.8 Å². The Balaban J connectivity index is 1.87. The first-order chi connectivity index (χ1) is 10.2. The highest BCUT2D eigenvalue weighted by atomic mass is 32.2. The van der Waals surface area contributed by atoms with Crippen LogP contribution in [0.4, 0.5) is 5.13 Å². The van der Waals surface area contributed by atoms with E-state index in [1.165, 1.54) is 7.11 Å². The molecular weight excluding hydrogens is 306 g/mol. The van der Waals surface area contributed by atoms with E-state index in [0.29, 0.717) is 5.56 Å². The van der Waals surface area contributed by atoms with Gasteiger partial charge >= 0.3 is 5.97 Å².